The highest BCUT2D eigenvalue weighted by Gasteiger charge is 2.51. The van der Waals surface area contributed by atoms with Crippen molar-refractivity contribution in [1.82, 2.24) is 19.9 Å². The molecule has 1 saturated heterocycles. The predicted molar refractivity (Wildman–Crippen MR) is 122 cm³/mol. The fourth-order valence-corrected chi connectivity index (χ4v) is 4.60. The highest BCUT2D eigenvalue weighted by atomic mass is 32.1. The van der Waals surface area contributed by atoms with Crippen LogP contribution in [0.25, 0.3) is 0 Å². The van der Waals surface area contributed by atoms with Gasteiger partial charge in [0.15, 0.2) is 5.11 Å². The number of nitrogens with zero attached hydrogens (tertiary/aromatic N) is 2. The summed E-state index contributed by atoms with van der Waals surface area (Å²) in [4.78, 5) is 27.6. The number of thiocarbonyl (C=S) groups is 1. The fourth-order valence-electron chi connectivity index (χ4n) is 3.52. The molecule has 166 valence electrons. The van der Waals surface area contributed by atoms with E-state index in [1.165, 1.54) is 11.5 Å². The van der Waals surface area contributed by atoms with E-state index in [0.29, 0.717) is 5.56 Å². The van der Waals surface area contributed by atoms with Crippen LogP contribution >= 0.6 is 23.8 Å². The Morgan fingerprint density at radius 1 is 1.32 bits per heavy atom. The van der Waals surface area contributed by atoms with Gasteiger partial charge in [-0.3, -0.25) is 10.1 Å². The summed E-state index contributed by atoms with van der Waals surface area (Å²) in [6.45, 7) is 5.68. The normalized spacial score (nSPS) is 20.9. The minimum atomic E-state index is -0.909. The van der Waals surface area contributed by atoms with Crippen LogP contribution in [-0.4, -0.2) is 56.8 Å². The van der Waals surface area contributed by atoms with Gasteiger partial charge in [0.05, 0.1) is 23.6 Å². The third-order valence-electron chi connectivity index (χ3n) is 4.93. The highest BCUT2D eigenvalue weighted by molar-refractivity contribution is 7.80. The lowest BCUT2D eigenvalue weighted by Gasteiger charge is -2.34. The molecule has 2 atom stereocenters. The number of likely N-dealkylation sites (tertiary alicyclic amines) is 1. The number of aliphatic hydroxyl groups excluding tert-OH is 1. The Hall–Kier alpha value is -2.56. The maximum Gasteiger partial charge on any atom is 0.410 e. The minimum Gasteiger partial charge on any atom is -0.444 e. The molecule has 2 aromatic rings. The number of carbonyl (C=O) groups is 2. The van der Waals surface area contributed by atoms with Crippen molar-refractivity contribution in [3.05, 3.63) is 53.0 Å². The monoisotopic (exact) mass is 462 g/mol. The van der Waals surface area contributed by atoms with Crippen LogP contribution in [0, 0.1) is 5.92 Å². The summed E-state index contributed by atoms with van der Waals surface area (Å²) in [6, 6.07) is 10.5. The minimum absolute atomic E-state index is 0.103. The lowest BCUT2D eigenvalue weighted by Crippen LogP contribution is -2.56. The Morgan fingerprint density at radius 2 is 2.03 bits per heavy atom. The molecule has 31 heavy (non-hydrogen) atoms. The topological polar surface area (TPSA) is 104 Å². The Labute approximate surface area is 190 Å². The number of aliphatic hydroxyl groups is 1. The second-order valence-corrected chi connectivity index (χ2v) is 9.60. The number of hydrogen-bond donors (Lipinski definition) is 3. The molecule has 1 aromatic heterocycles. The van der Waals surface area contributed by atoms with Crippen molar-refractivity contribution in [3.8, 4) is 0 Å². The van der Waals surface area contributed by atoms with Crippen molar-refractivity contribution in [3.63, 3.8) is 0 Å². The van der Waals surface area contributed by atoms with Crippen molar-refractivity contribution in [1.29, 1.82) is 0 Å². The van der Waals surface area contributed by atoms with Crippen molar-refractivity contribution < 1.29 is 19.4 Å². The molecule has 10 heteroatoms. The summed E-state index contributed by atoms with van der Waals surface area (Å²) in [5, 5.41) is 16.1. The highest BCUT2D eigenvalue weighted by Crippen LogP contribution is 2.39. The second kappa shape index (κ2) is 9.29. The Bertz CT molecular complexity index is 931. The molecule has 0 radical (unpaired) electrons. The number of carbonyl (C=O) groups excluding carboxylic acids is 2. The molecule has 1 aliphatic heterocycles. The average molecular weight is 463 g/mol. The van der Waals surface area contributed by atoms with Gasteiger partial charge in [-0.1, -0.05) is 18.2 Å². The van der Waals surface area contributed by atoms with Gasteiger partial charge >= 0.3 is 6.09 Å². The smallest absolute Gasteiger partial charge is 0.410 e. The van der Waals surface area contributed by atoms with Crippen molar-refractivity contribution in [2.24, 2.45) is 5.92 Å². The molecule has 1 aromatic carbocycles. The zero-order chi connectivity index (χ0) is 22.6. The van der Waals surface area contributed by atoms with Crippen LogP contribution in [-0.2, 0) is 10.3 Å². The van der Waals surface area contributed by atoms with E-state index in [0.717, 1.165) is 4.88 Å². The summed E-state index contributed by atoms with van der Waals surface area (Å²) in [6.07, 6.45) is 1.18. The van der Waals surface area contributed by atoms with Gasteiger partial charge < -0.3 is 20.1 Å². The molecule has 8 nitrogen and oxygen atoms in total. The van der Waals surface area contributed by atoms with E-state index < -0.39 is 17.2 Å². The zero-order valence-corrected chi connectivity index (χ0v) is 19.3. The number of rotatable bonds is 4. The SMILES string of the molecule is CC(C)(C)OC(=O)N1CC(CO)C(NC(=S)NC(=O)c2ccccc2)(c2ccns2)C1. The van der Waals surface area contributed by atoms with E-state index in [1.807, 2.05) is 12.1 Å². The molecule has 3 rings (SSSR count). The molecule has 0 bridgehead atoms. The van der Waals surface area contributed by atoms with Crippen LogP contribution in [0.5, 0.6) is 0 Å². The molecule has 1 aliphatic rings. The Kier molecular flexibility index (Phi) is 6.93. The van der Waals surface area contributed by atoms with Gasteiger partial charge in [0.1, 0.15) is 5.60 Å². The van der Waals surface area contributed by atoms with Crippen molar-refractivity contribution in [2.75, 3.05) is 19.7 Å². The van der Waals surface area contributed by atoms with Crippen LogP contribution < -0.4 is 10.6 Å². The van der Waals surface area contributed by atoms with Crippen LogP contribution in [0.4, 0.5) is 4.79 Å². The average Bonchev–Trinajstić information content (AvgIpc) is 3.36. The van der Waals surface area contributed by atoms with E-state index in [4.69, 9.17) is 17.0 Å². The fraction of sp³-hybridized carbons (Fsp3) is 0.429. The quantitative estimate of drug-likeness (QED) is 0.600. The molecule has 0 spiro atoms. The molecular weight excluding hydrogens is 436 g/mol. The largest absolute Gasteiger partial charge is 0.444 e. The van der Waals surface area contributed by atoms with Gasteiger partial charge in [0.2, 0.25) is 0 Å². The number of aromatic nitrogens is 1. The number of hydrogen-bond acceptors (Lipinski definition) is 7. The summed E-state index contributed by atoms with van der Waals surface area (Å²) >= 11 is 6.68. The molecule has 3 N–H and O–H groups in total. The lowest BCUT2D eigenvalue weighted by molar-refractivity contribution is 0.0278. The van der Waals surface area contributed by atoms with Crippen LogP contribution in [0.2, 0.25) is 0 Å². The summed E-state index contributed by atoms with van der Waals surface area (Å²) < 4.78 is 9.70. The van der Waals surface area contributed by atoms with E-state index in [2.05, 4.69) is 15.0 Å². The second-order valence-electron chi connectivity index (χ2n) is 8.36. The number of benzene rings is 1. The van der Waals surface area contributed by atoms with Crippen molar-refractivity contribution in [2.45, 2.75) is 31.9 Å². The number of ether oxygens (including phenoxy) is 1. The number of nitrogens with one attached hydrogen (secondary N) is 2. The lowest BCUT2D eigenvalue weighted by atomic mass is 9.86. The molecule has 2 amide bonds. The summed E-state index contributed by atoms with van der Waals surface area (Å²) in [5.41, 5.74) is -1.08. The van der Waals surface area contributed by atoms with Crippen LogP contribution in [0.1, 0.15) is 36.0 Å². The molecule has 2 heterocycles. The zero-order valence-electron chi connectivity index (χ0n) is 17.6. The predicted octanol–water partition coefficient (Wildman–Crippen LogP) is 2.50. The Morgan fingerprint density at radius 3 is 2.61 bits per heavy atom. The maximum atomic E-state index is 12.7. The third-order valence-corrected chi connectivity index (χ3v) is 6.06. The third kappa shape index (κ3) is 5.38. The standard InChI is InChI=1S/C21H26N4O4S2/c1-20(2,3)29-19(28)25-11-15(12-26)21(13-25,16-9-10-22-31-16)24-18(30)23-17(27)14-7-5-4-6-8-14/h4-10,15,26H,11-13H2,1-3H3,(H2,23,24,27,30). The van der Waals surface area contributed by atoms with Gasteiger partial charge in [-0.2, -0.15) is 0 Å². The Balaban J connectivity index is 1.83. The maximum absolute atomic E-state index is 12.7. The van der Waals surface area contributed by atoms with Gasteiger partial charge in [-0.15, -0.1) is 0 Å². The van der Waals surface area contributed by atoms with Gasteiger partial charge in [0, 0.05) is 24.2 Å². The van der Waals surface area contributed by atoms with E-state index in [9.17, 15) is 14.7 Å². The van der Waals surface area contributed by atoms with E-state index in [1.54, 1.807) is 56.1 Å². The van der Waals surface area contributed by atoms with Gasteiger partial charge in [-0.05, 0) is 62.7 Å². The molecule has 2 unspecified atom stereocenters. The van der Waals surface area contributed by atoms with E-state index in [-0.39, 0.29) is 36.6 Å². The molecule has 1 fully saturated rings. The molecule has 0 aliphatic carbocycles. The van der Waals surface area contributed by atoms with Crippen LogP contribution in [0.3, 0.4) is 0 Å². The van der Waals surface area contributed by atoms with Crippen molar-refractivity contribution >= 4 is 40.9 Å². The van der Waals surface area contributed by atoms with Gasteiger partial charge in [-0.25, -0.2) is 9.17 Å². The first-order chi connectivity index (χ1) is 14.6. The first-order valence-corrected chi connectivity index (χ1v) is 11.0. The molecule has 0 saturated carbocycles. The van der Waals surface area contributed by atoms with E-state index >= 15 is 0 Å². The summed E-state index contributed by atoms with van der Waals surface area (Å²) in [5.74, 6) is -0.729. The summed E-state index contributed by atoms with van der Waals surface area (Å²) in [7, 11) is 0. The van der Waals surface area contributed by atoms with Gasteiger partial charge in [0.25, 0.3) is 5.91 Å². The number of amides is 2. The molecular formula is C21H26N4O4S2. The first-order valence-electron chi connectivity index (χ1n) is 9.83. The van der Waals surface area contributed by atoms with Crippen LogP contribution in [0.15, 0.2) is 42.6 Å². The first kappa shape index (κ1) is 23.1.